The third-order valence-corrected chi connectivity index (χ3v) is 5.67. The topological polar surface area (TPSA) is 35.6 Å². The summed E-state index contributed by atoms with van der Waals surface area (Å²) in [6.45, 7) is 11.3. The molecule has 0 bridgehead atoms. The fourth-order valence-electron chi connectivity index (χ4n) is 3.81. The van der Waals surface area contributed by atoms with Crippen LogP contribution >= 0.6 is 0 Å². The number of hydrogen-bond donors (Lipinski definition) is 1. The van der Waals surface area contributed by atoms with Crippen molar-refractivity contribution in [2.45, 2.75) is 46.3 Å². The Labute approximate surface area is 169 Å². The summed E-state index contributed by atoms with van der Waals surface area (Å²) in [5.74, 6) is -0.00892. The summed E-state index contributed by atoms with van der Waals surface area (Å²) < 4.78 is 0. The second kappa shape index (κ2) is 10.4. The average Bonchev–Trinajstić information content (AvgIpc) is 3.24. The lowest BCUT2D eigenvalue weighted by atomic mass is 10.1. The molecule has 2 aromatic carbocycles. The van der Waals surface area contributed by atoms with Gasteiger partial charge in [0.15, 0.2) is 0 Å². The van der Waals surface area contributed by atoms with Crippen LogP contribution in [-0.4, -0.2) is 41.9 Å². The van der Waals surface area contributed by atoms with E-state index >= 15 is 0 Å². The minimum Gasteiger partial charge on any atom is -0.348 e. The van der Waals surface area contributed by atoms with Crippen LogP contribution in [0.5, 0.6) is 0 Å². The van der Waals surface area contributed by atoms with Crippen molar-refractivity contribution in [1.29, 1.82) is 0 Å². The van der Waals surface area contributed by atoms with E-state index in [0.717, 1.165) is 31.7 Å². The third-order valence-electron chi connectivity index (χ3n) is 5.67. The minimum atomic E-state index is -0.00892. The largest absolute Gasteiger partial charge is 0.348 e. The van der Waals surface area contributed by atoms with E-state index in [1.807, 2.05) is 12.1 Å². The van der Waals surface area contributed by atoms with Crippen LogP contribution in [0.1, 0.15) is 53.7 Å². The Balaban J connectivity index is 1.56. The number of nitrogens with zero attached hydrogens (tertiary/aromatic N) is 2. The van der Waals surface area contributed by atoms with E-state index in [-0.39, 0.29) is 5.91 Å². The van der Waals surface area contributed by atoms with Gasteiger partial charge in [0.25, 0.3) is 5.91 Å². The zero-order chi connectivity index (χ0) is 19.8. The molecule has 2 aromatic rings. The molecule has 0 spiro atoms. The van der Waals surface area contributed by atoms with Gasteiger partial charge in [-0.15, -0.1) is 0 Å². The van der Waals surface area contributed by atoms with Crippen LogP contribution in [0, 0.1) is 0 Å². The van der Waals surface area contributed by atoms with Crippen molar-refractivity contribution in [3.8, 4) is 0 Å². The normalized spacial score (nSPS) is 14.5. The quantitative estimate of drug-likeness (QED) is 0.714. The van der Waals surface area contributed by atoms with Gasteiger partial charge in [0.05, 0.1) is 0 Å². The molecule has 1 aliphatic rings. The lowest BCUT2D eigenvalue weighted by Gasteiger charge is -2.18. The van der Waals surface area contributed by atoms with Gasteiger partial charge in [-0.25, -0.2) is 0 Å². The van der Waals surface area contributed by atoms with Crippen LogP contribution in [-0.2, 0) is 19.6 Å². The summed E-state index contributed by atoms with van der Waals surface area (Å²) in [7, 11) is 0. The molecule has 150 valence electrons. The summed E-state index contributed by atoms with van der Waals surface area (Å²) in [4.78, 5) is 17.5. The molecule has 0 radical (unpaired) electrons. The lowest BCUT2D eigenvalue weighted by Crippen LogP contribution is -2.25. The number of likely N-dealkylation sites (tertiary alicyclic amines) is 1. The van der Waals surface area contributed by atoms with Gasteiger partial charge in [-0.2, -0.15) is 0 Å². The van der Waals surface area contributed by atoms with Gasteiger partial charge < -0.3 is 5.32 Å². The van der Waals surface area contributed by atoms with Gasteiger partial charge in [0, 0.05) is 25.2 Å². The van der Waals surface area contributed by atoms with E-state index in [4.69, 9.17) is 0 Å². The summed E-state index contributed by atoms with van der Waals surface area (Å²) in [5.41, 5.74) is 4.50. The predicted molar refractivity (Wildman–Crippen MR) is 115 cm³/mol. The van der Waals surface area contributed by atoms with Crippen molar-refractivity contribution in [1.82, 2.24) is 15.1 Å². The van der Waals surface area contributed by atoms with Crippen LogP contribution < -0.4 is 5.32 Å². The second-order valence-corrected chi connectivity index (χ2v) is 7.59. The highest BCUT2D eigenvalue weighted by molar-refractivity contribution is 5.94. The van der Waals surface area contributed by atoms with Crippen molar-refractivity contribution in [2.24, 2.45) is 0 Å². The fraction of sp³-hybridized carbons (Fsp3) is 0.458. The first-order valence-corrected chi connectivity index (χ1v) is 10.6. The highest BCUT2D eigenvalue weighted by Gasteiger charge is 2.14. The first-order chi connectivity index (χ1) is 13.7. The zero-order valence-corrected chi connectivity index (χ0v) is 17.3. The second-order valence-electron chi connectivity index (χ2n) is 7.59. The molecule has 3 rings (SSSR count). The Kier molecular flexibility index (Phi) is 7.63. The van der Waals surface area contributed by atoms with E-state index in [9.17, 15) is 4.79 Å². The van der Waals surface area contributed by atoms with E-state index in [2.05, 4.69) is 65.4 Å². The Morgan fingerprint density at radius 1 is 0.964 bits per heavy atom. The Bertz CT molecular complexity index is 747. The highest BCUT2D eigenvalue weighted by Crippen LogP contribution is 2.16. The monoisotopic (exact) mass is 379 g/mol. The predicted octanol–water partition coefficient (Wildman–Crippen LogP) is 4.05. The summed E-state index contributed by atoms with van der Waals surface area (Å²) in [5, 5.41) is 3.10. The van der Waals surface area contributed by atoms with Crippen LogP contribution in [0.25, 0.3) is 0 Å². The van der Waals surface area contributed by atoms with Gasteiger partial charge in [0.1, 0.15) is 0 Å². The Hall–Kier alpha value is -2.17. The number of hydrogen-bond acceptors (Lipinski definition) is 3. The lowest BCUT2D eigenvalue weighted by molar-refractivity contribution is 0.0950. The molecular weight excluding hydrogens is 346 g/mol. The molecule has 0 atom stereocenters. The smallest absolute Gasteiger partial charge is 0.251 e. The summed E-state index contributed by atoms with van der Waals surface area (Å²) in [6, 6.07) is 16.4. The molecule has 28 heavy (non-hydrogen) atoms. The molecule has 4 heteroatoms. The van der Waals surface area contributed by atoms with E-state index < -0.39 is 0 Å². The molecule has 0 saturated carbocycles. The van der Waals surface area contributed by atoms with Crippen LogP contribution in [0.4, 0.5) is 0 Å². The highest BCUT2D eigenvalue weighted by atomic mass is 16.1. The number of amides is 1. The zero-order valence-electron chi connectivity index (χ0n) is 17.3. The van der Waals surface area contributed by atoms with Crippen molar-refractivity contribution >= 4 is 5.91 Å². The Morgan fingerprint density at radius 2 is 1.61 bits per heavy atom. The third kappa shape index (κ3) is 5.66. The number of nitrogens with one attached hydrogen (secondary N) is 1. The molecule has 0 unspecified atom stereocenters. The van der Waals surface area contributed by atoms with Gasteiger partial charge >= 0.3 is 0 Å². The average molecular weight is 380 g/mol. The molecule has 1 saturated heterocycles. The molecule has 4 nitrogen and oxygen atoms in total. The van der Waals surface area contributed by atoms with E-state index in [1.165, 1.54) is 42.6 Å². The molecule has 1 aliphatic heterocycles. The number of benzene rings is 2. The summed E-state index contributed by atoms with van der Waals surface area (Å²) in [6.07, 6.45) is 2.59. The maximum absolute atomic E-state index is 12.6. The molecular formula is C24H33N3O. The van der Waals surface area contributed by atoms with Crippen molar-refractivity contribution in [3.05, 3.63) is 70.8 Å². The Morgan fingerprint density at radius 3 is 2.25 bits per heavy atom. The molecule has 0 aromatic heterocycles. The van der Waals surface area contributed by atoms with Crippen LogP contribution in [0.2, 0.25) is 0 Å². The molecule has 1 heterocycles. The first-order valence-electron chi connectivity index (χ1n) is 10.6. The standard InChI is InChI=1S/C24H33N3O/c1-3-26(4-2)18-20-11-13-21(14-12-20)24(28)25-17-22-9-5-6-10-23(22)19-27-15-7-8-16-27/h5-6,9-14H,3-4,7-8,15-19H2,1-2H3,(H,25,28). The van der Waals surface area contributed by atoms with Crippen molar-refractivity contribution < 1.29 is 4.79 Å². The first kappa shape index (κ1) is 20.6. The SMILES string of the molecule is CCN(CC)Cc1ccc(C(=O)NCc2ccccc2CN2CCCC2)cc1. The number of rotatable bonds is 9. The van der Waals surface area contributed by atoms with Gasteiger partial charge in [0.2, 0.25) is 0 Å². The molecule has 1 N–H and O–H groups in total. The minimum absolute atomic E-state index is 0.00892. The van der Waals surface area contributed by atoms with Crippen molar-refractivity contribution in [3.63, 3.8) is 0 Å². The maximum atomic E-state index is 12.6. The number of carbonyl (C=O) groups is 1. The maximum Gasteiger partial charge on any atom is 0.251 e. The van der Waals surface area contributed by atoms with E-state index in [1.54, 1.807) is 0 Å². The van der Waals surface area contributed by atoms with Gasteiger partial charge in [-0.3, -0.25) is 14.6 Å². The van der Waals surface area contributed by atoms with Crippen LogP contribution in [0.15, 0.2) is 48.5 Å². The molecule has 1 fully saturated rings. The summed E-state index contributed by atoms with van der Waals surface area (Å²) >= 11 is 0. The van der Waals surface area contributed by atoms with Crippen molar-refractivity contribution in [2.75, 3.05) is 26.2 Å². The molecule has 1 amide bonds. The van der Waals surface area contributed by atoms with E-state index in [0.29, 0.717) is 6.54 Å². The van der Waals surface area contributed by atoms with Gasteiger partial charge in [-0.05, 0) is 67.8 Å². The van der Waals surface area contributed by atoms with Crippen LogP contribution in [0.3, 0.4) is 0 Å². The molecule has 0 aliphatic carbocycles. The van der Waals surface area contributed by atoms with Gasteiger partial charge in [-0.1, -0.05) is 50.2 Å². The fourth-order valence-corrected chi connectivity index (χ4v) is 3.81. The number of carbonyl (C=O) groups excluding carboxylic acids is 1.